The number of thiophene rings is 1. The van der Waals surface area contributed by atoms with Crippen LogP contribution in [0.5, 0.6) is 0 Å². The van der Waals surface area contributed by atoms with E-state index in [-0.39, 0.29) is 22.5 Å². The van der Waals surface area contributed by atoms with Crippen molar-refractivity contribution in [3.8, 4) is 0 Å². The van der Waals surface area contributed by atoms with E-state index in [1.807, 2.05) is 0 Å². The van der Waals surface area contributed by atoms with Crippen LogP contribution in [0.25, 0.3) is 0 Å². The summed E-state index contributed by atoms with van der Waals surface area (Å²) in [6.45, 7) is -0.405. The van der Waals surface area contributed by atoms with Crippen molar-refractivity contribution in [2.45, 2.75) is 0 Å². The van der Waals surface area contributed by atoms with Gasteiger partial charge in [0.25, 0.3) is 11.8 Å². The number of esters is 1. The molecule has 0 spiro atoms. The van der Waals surface area contributed by atoms with Crippen molar-refractivity contribution in [2.24, 2.45) is 0 Å². The molecule has 1 aromatic heterocycles. The monoisotopic (exact) mass is 425 g/mol. The highest BCUT2D eigenvalue weighted by Gasteiger charge is 2.37. The number of nitrogens with zero attached hydrogens (tertiary/aromatic N) is 1. The quantitative estimate of drug-likeness (QED) is 0.347. The van der Waals surface area contributed by atoms with Crippen LogP contribution in [0.2, 0.25) is 5.02 Å². The Morgan fingerprint density at radius 2 is 1.76 bits per heavy atom. The van der Waals surface area contributed by atoms with E-state index in [4.69, 9.17) is 16.3 Å². The molecule has 144 valence electrons. The molecule has 2 heterocycles. The SMILES string of the molecule is O=C(OCC(=O)c1cccs1)c1ccc2c(c1)C(=O)N(c1cccc(Cl)c1)C2=O. The number of amides is 2. The van der Waals surface area contributed by atoms with Gasteiger partial charge in [0.05, 0.1) is 27.3 Å². The number of ether oxygens (including phenoxy) is 1. The highest BCUT2D eigenvalue weighted by molar-refractivity contribution is 7.12. The number of Topliss-reactive ketones (excluding diaryl/α,β-unsaturated/α-hetero) is 1. The number of halogens is 1. The number of rotatable bonds is 5. The van der Waals surface area contributed by atoms with Gasteiger partial charge in [-0.25, -0.2) is 9.69 Å². The summed E-state index contributed by atoms with van der Waals surface area (Å²) in [7, 11) is 0. The first-order valence-corrected chi connectivity index (χ1v) is 9.73. The number of imide groups is 1. The molecule has 1 aliphatic heterocycles. The Bertz CT molecular complexity index is 1160. The Morgan fingerprint density at radius 3 is 2.48 bits per heavy atom. The number of hydrogen-bond acceptors (Lipinski definition) is 6. The Balaban J connectivity index is 1.54. The van der Waals surface area contributed by atoms with Crippen molar-refractivity contribution in [1.29, 1.82) is 0 Å². The molecule has 0 radical (unpaired) electrons. The Kier molecular flexibility index (Phi) is 5.00. The zero-order valence-electron chi connectivity index (χ0n) is 14.8. The summed E-state index contributed by atoms with van der Waals surface area (Å²) in [4.78, 5) is 51.2. The molecule has 29 heavy (non-hydrogen) atoms. The van der Waals surface area contributed by atoms with Gasteiger partial charge in [0, 0.05) is 5.02 Å². The lowest BCUT2D eigenvalue weighted by Crippen LogP contribution is -2.29. The fourth-order valence-electron chi connectivity index (χ4n) is 2.94. The molecule has 0 atom stereocenters. The molecule has 0 unspecified atom stereocenters. The third kappa shape index (κ3) is 3.57. The van der Waals surface area contributed by atoms with Gasteiger partial charge in [0.15, 0.2) is 6.61 Å². The molecule has 0 aliphatic carbocycles. The molecular formula is C21H12ClNO5S. The number of carbonyl (C=O) groups excluding carboxylic acids is 4. The summed E-state index contributed by atoms with van der Waals surface area (Å²) < 4.78 is 5.05. The maximum Gasteiger partial charge on any atom is 0.338 e. The first-order chi connectivity index (χ1) is 14.0. The van der Waals surface area contributed by atoms with Gasteiger partial charge in [0.1, 0.15) is 0 Å². The predicted molar refractivity (Wildman–Crippen MR) is 108 cm³/mol. The number of anilines is 1. The lowest BCUT2D eigenvalue weighted by molar-refractivity contribution is 0.0475. The van der Waals surface area contributed by atoms with Gasteiger partial charge < -0.3 is 4.74 Å². The molecule has 0 N–H and O–H groups in total. The van der Waals surface area contributed by atoms with Crippen molar-refractivity contribution in [3.63, 3.8) is 0 Å². The van der Waals surface area contributed by atoms with Gasteiger partial charge in [0.2, 0.25) is 5.78 Å². The van der Waals surface area contributed by atoms with Gasteiger partial charge in [-0.05, 0) is 47.8 Å². The molecule has 2 amide bonds. The van der Waals surface area contributed by atoms with Crippen LogP contribution in [-0.4, -0.2) is 30.2 Å². The van der Waals surface area contributed by atoms with E-state index in [0.717, 1.165) is 4.90 Å². The first kappa shape index (κ1) is 19.0. The molecule has 1 aliphatic rings. The largest absolute Gasteiger partial charge is 0.454 e. The smallest absolute Gasteiger partial charge is 0.338 e. The highest BCUT2D eigenvalue weighted by Crippen LogP contribution is 2.30. The third-order valence-electron chi connectivity index (χ3n) is 4.32. The van der Waals surface area contributed by atoms with E-state index in [2.05, 4.69) is 0 Å². The van der Waals surface area contributed by atoms with Crippen molar-refractivity contribution in [1.82, 2.24) is 0 Å². The van der Waals surface area contributed by atoms with Crippen LogP contribution in [0, 0.1) is 0 Å². The molecule has 0 saturated carbocycles. The molecule has 2 aromatic carbocycles. The van der Waals surface area contributed by atoms with Gasteiger partial charge in [-0.3, -0.25) is 14.4 Å². The van der Waals surface area contributed by atoms with Crippen LogP contribution in [0.1, 0.15) is 40.7 Å². The van der Waals surface area contributed by atoms with E-state index < -0.39 is 24.4 Å². The normalized spacial score (nSPS) is 12.8. The van der Waals surface area contributed by atoms with E-state index >= 15 is 0 Å². The Hall–Kier alpha value is -3.29. The standard InChI is InChI=1S/C21H12ClNO5S/c22-13-3-1-4-14(10-13)23-19(25)15-7-6-12(9-16(15)20(23)26)21(27)28-11-17(24)18-5-2-8-29-18/h1-10H,11H2. The van der Waals surface area contributed by atoms with Crippen LogP contribution >= 0.6 is 22.9 Å². The summed E-state index contributed by atoms with van der Waals surface area (Å²) >= 11 is 7.21. The second-order valence-corrected chi connectivity index (χ2v) is 7.55. The molecule has 6 nitrogen and oxygen atoms in total. The Labute approximate surface area is 174 Å². The maximum absolute atomic E-state index is 12.8. The average Bonchev–Trinajstić information content (AvgIpc) is 3.33. The summed E-state index contributed by atoms with van der Waals surface area (Å²) in [5.41, 5.74) is 0.696. The third-order valence-corrected chi connectivity index (χ3v) is 5.47. The maximum atomic E-state index is 12.8. The Morgan fingerprint density at radius 1 is 0.966 bits per heavy atom. The zero-order valence-corrected chi connectivity index (χ0v) is 16.3. The number of hydrogen-bond donors (Lipinski definition) is 0. The minimum absolute atomic E-state index is 0.0804. The number of carbonyl (C=O) groups is 4. The van der Waals surface area contributed by atoms with Crippen LogP contribution in [0.15, 0.2) is 60.0 Å². The number of ketones is 1. The second-order valence-electron chi connectivity index (χ2n) is 6.16. The molecule has 4 rings (SSSR count). The minimum Gasteiger partial charge on any atom is -0.454 e. The molecular weight excluding hydrogens is 414 g/mol. The topological polar surface area (TPSA) is 80.8 Å². The molecule has 0 saturated heterocycles. The summed E-state index contributed by atoms with van der Waals surface area (Å²) in [5.74, 6) is -2.12. The van der Waals surface area contributed by atoms with Crippen molar-refractivity contribution < 1.29 is 23.9 Å². The highest BCUT2D eigenvalue weighted by atomic mass is 35.5. The van der Waals surface area contributed by atoms with Gasteiger partial charge in [-0.2, -0.15) is 0 Å². The molecule has 8 heteroatoms. The predicted octanol–water partition coefficient (Wildman–Crippen LogP) is 4.24. The van der Waals surface area contributed by atoms with E-state index in [1.165, 1.54) is 35.6 Å². The van der Waals surface area contributed by atoms with Crippen molar-refractivity contribution in [3.05, 3.63) is 86.6 Å². The van der Waals surface area contributed by atoms with Crippen LogP contribution in [-0.2, 0) is 4.74 Å². The number of fused-ring (bicyclic) bond motifs is 1. The van der Waals surface area contributed by atoms with E-state index in [0.29, 0.717) is 15.6 Å². The van der Waals surface area contributed by atoms with Gasteiger partial charge in [-0.1, -0.05) is 23.7 Å². The molecule has 0 fully saturated rings. The fraction of sp³-hybridized carbons (Fsp3) is 0.0476. The van der Waals surface area contributed by atoms with Crippen molar-refractivity contribution in [2.75, 3.05) is 11.5 Å². The minimum atomic E-state index is -0.751. The van der Waals surface area contributed by atoms with Crippen molar-refractivity contribution >= 4 is 52.2 Å². The lowest BCUT2D eigenvalue weighted by Gasteiger charge is -2.13. The van der Waals surface area contributed by atoms with Crippen LogP contribution in [0.4, 0.5) is 5.69 Å². The van der Waals surface area contributed by atoms with Gasteiger partial charge >= 0.3 is 5.97 Å². The fourth-order valence-corrected chi connectivity index (χ4v) is 3.78. The summed E-state index contributed by atoms with van der Waals surface area (Å²) in [5, 5.41) is 2.14. The first-order valence-electron chi connectivity index (χ1n) is 8.48. The summed E-state index contributed by atoms with van der Waals surface area (Å²) in [6.07, 6.45) is 0. The van der Waals surface area contributed by atoms with Crippen LogP contribution < -0.4 is 4.90 Å². The van der Waals surface area contributed by atoms with Gasteiger partial charge in [-0.15, -0.1) is 11.3 Å². The number of benzene rings is 2. The van der Waals surface area contributed by atoms with E-state index in [1.54, 1.807) is 35.7 Å². The van der Waals surface area contributed by atoms with Crippen LogP contribution in [0.3, 0.4) is 0 Å². The summed E-state index contributed by atoms with van der Waals surface area (Å²) in [6, 6.07) is 13.8. The molecule has 3 aromatic rings. The average molecular weight is 426 g/mol. The lowest BCUT2D eigenvalue weighted by atomic mass is 10.1. The second kappa shape index (κ2) is 7.62. The van der Waals surface area contributed by atoms with E-state index in [9.17, 15) is 19.2 Å². The zero-order chi connectivity index (χ0) is 20.5. The molecule has 0 bridgehead atoms.